The summed E-state index contributed by atoms with van der Waals surface area (Å²) >= 11 is 1.61. The third kappa shape index (κ3) is 3.15. The predicted molar refractivity (Wildman–Crippen MR) is 134 cm³/mol. The first-order valence-corrected chi connectivity index (χ1v) is 12.0. The van der Waals surface area contributed by atoms with Gasteiger partial charge in [-0.05, 0) is 42.0 Å². The van der Waals surface area contributed by atoms with Gasteiger partial charge in [0.05, 0.1) is 35.1 Å². The Balaban J connectivity index is 1.46. The van der Waals surface area contributed by atoms with Crippen molar-refractivity contribution in [2.75, 3.05) is 7.05 Å². The molecule has 1 aliphatic rings. The zero-order valence-electron chi connectivity index (χ0n) is 18.8. The molecule has 2 atom stereocenters. The smallest absolute Gasteiger partial charge is 0.236 e. The zero-order valence-corrected chi connectivity index (χ0v) is 19.6. The Bertz CT molecular complexity index is 1590. The molecule has 0 spiro atoms. The number of hydrogen-bond donors (Lipinski definition) is 1. The molecule has 5 aromatic rings. The van der Waals surface area contributed by atoms with Crippen LogP contribution in [-0.2, 0) is 10.2 Å². The molecule has 0 aliphatic carbocycles. The maximum Gasteiger partial charge on any atom is 0.236 e. The monoisotopic (exact) mass is 466 g/mol. The molecule has 6 rings (SSSR count). The van der Waals surface area contributed by atoms with Crippen LogP contribution in [0.15, 0.2) is 76.9 Å². The van der Waals surface area contributed by atoms with E-state index < -0.39 is 11.3 Å². The fraction of sp³-hybridized carbons (Fsp3) is 0.185. The quantitative estimate of drug-likeness (QED) is 0.354. The van der Waals surface area contributed by atoms with Crippen LogP contribution in [0.5, 0.6) is 0 Å². The number of hydrogen-bond acceptors (Lipinski definition) is 6. The molecule has 1 fully saturated rings. The van der Waals surface area contributed by atoms with Crippen molar-refractivity contribution in [1.82, 2.24) is 14.9 Å². The highest BCUT2D eigenvalue weighted by Gasteiger charge is 2.49. The lowest BCUT2D eigenvalue weighted by atomic mass is 9.67. The minimum absolute atomic E-state index is 0.0676. The lowest BCUT2D eigenvalue weighted by molar-refractivity contribution is -0.131. The highest BCUT2D eigenvalue weighted by molar-refractivity contribution is 7.10. The lowest BCUT2D eigenvalue weighted by Gasteiger charge is -2.44. The number of carbonyl (C=O) groups is 1. The number of nitrogens with one attached hydrogen (secondary N) is 1. The number of thiophene rings is 1. The second-order valence-electron chi connectivity index (χ2n) is 9.03. The van der Waals surface area contributed by atoms with Crippen molar-refractivity contribution in [3.05, 3.63) is 82.9 Å². The van der Waals surface area contributed by atoms with Crippen LogP contribution in [0.4, 0.5) is 0 Å². The van der Waals surface area contributed by atoms with Gasteiger partial charge in [0.15, 0.2) is 0 Å². The summed E-state index contributed by atoms with van der Waals surface area (Å²) in [5.74, 6) is -0.157. The number of nitrogens with zero attached hydrogens (tertiary/aromatic N) is 3. The average Bonchev–Trinajstić information content (AvgIpc) is 3.52. The fourth-order valence-corrected chi connectivity index (χ4v) is 6.04. The first-order chi connectivity index (χ1) is 16.4. The number of fused-ring (bicyclic) bond motifs is 2. The van der Waals surface area contributed by atoms with E-state index in [0.29, 0.717) is 12.3 Å². The van der Waals surface area contributed by atoms with Crippen molar-refractivity contribution >= 4 is 45.1 Å². The summed E-state index contributed by atoms with van der Waals surface area (Å²) in [5.41, 5.74) is 4.64. The van der Waals surface area contributed by atoms with Gasteiger partial charge in [-0.1, -0.05) is 25.1 Å². The SMILES string of the molecule is CN1C(=N)C[C@](C)(c2cc(-c3cnc4ccccc4n3)cs2)[C@H](c2ccc3occc3c2)C1=O. The number of furan rings is 1. The number of likely N-dealkylation sites (N-methyl/N-ethyl adjacent to an activating group) is 1. The van der Waals surface area contributed by atoms with Crippen molar-refractivity contribution in [3.8, 4) is 11.3 Å². The number of benzene rings is 2. The van der Waals surface area contributed by atoms with Crippen LogP contribution in [0.2, 0.25) is 0 Å². The average molecular weight is 467 g/mol. The first kappa shape index (κ1) is 20.7. The van der Waals surface area contributed by atoms with Crippen LogP contribution >= 0.6 is 11.3 Å². The maximum atomic E-state index is 13.6. The van der Waals surface area contributed by atoms with Crippen LogP contribution < -0.4 is 0 Å². The van der Waals surface area contributed by atoms with Gasteiger partial charge in [0.1, 0.15) is 11.4 Å². The summed E-state index contributed by atoms with van der Waals surface area (Å²) in [7, 11) is 1.69. The van der Waals surface area contributed by atoms with Crippen LogP contribution in [0.25, 0.3) is 33.3 Å². The Morgan fingerprint density at radius 1 is 1.15 bits per heavy atom. The van der Waals surface area contributed by atoms with E-state index in [1.165, 1.54) is 4.90 Å². The van der Waals surface area contributed by atoms with Gasteiger partial charge in [-0.25, -0.2) is 4.98 Å². The second-order valence-corrected chi connectivity index (χ2v) is 9.94. The Morgan fingerprint density at radius 2 is 1.97 bits per heavy atom. The van der Waals surface area contributed by atoms with Gasteiger partial charge < -0.3 is 9.32 Å². The Morgan fingerprint density at radius 3 is 2.82 bits per heavy atom. The molecule has 34 heavy (non-hydrogen) atoms. The van der Waals surface area contributed by atoms with Gasteiger partial charge in [-0.3, -0.25) is 15.2 Å². The van der Waals surface area contributed by atoms with E-state index in [9.17, 15) is 4.79 Å². The van der Waals surface area contributed by atoms with Gasteiger partial charge in [0.2, 0.25) is 5.91 Å². The van der Waals surface area contributed by atoms with E-state index in [1.54, 1.807) is 30.8 Å². The topological polar surface area (TPSA) is 83.1 Å². The number of para-hydroxylation sites is 2. The van der Waals surface area contributed by atoms with Gasteiger partial charge in [-0.2, -0.15) is 0 Å². The molecular weight excluding hydrogens is 444 g/mol. The van der Waals surface area contributed by atoms with Crippen LogP contribution in [-0.4, -0.2) is 33.7 Å². The summed E-state index contributed by atoms with van der Waals surface area (Å²) in [4.78, 5) is 25.5. The molecule has 1 N–H and O–H groups in total. The number of aromatic nitrogens is 2. The number of carbonyl (C=O) groups excluding carboxylic acids is 1. The van der Waals surface area contributed by atoms with Crippen molar-refractivity contribution in [1.29, 1.82) is 5.41 Å². The maximum absolute atomic E-state index is 13.6. The Labute approximate surface area is 200 Å². The Hall–Kier alpha value is -3.84. The summed E-state index contributed by atoms with van der Waals surface area (Å²) in [6, 6.07) is 17.8. The number of piperidine rings is 1. The third-order valence-corrected chi connectivity index (χ3v) is 8.08. The van der Waals surface area contributed by atoms with Crippen LogP contribution in [0.3, 0.4) is 0 Å². The van der Waals surface area contributed by atoms with Crippen molar-refractivity contribution in [2.45, 2.75) is 24.7 Å². The summed E-state index contributed by atoms with van der Waals surface area (Å²) in [6.07, 6.45) is 3.92. The summed E-state index contributed by atoms with van der Waals surface area (Å²) in [6.45, 7) is 2.10. The molecule has 0 unspecified atom stereocenters. The second kappa shape index (κ2) is 7.60. The van der Waals surface area contributed by atoms with Crippen molar-refractivity contribution < 1.29 is 9.21 Å². The van der Waals surface area contributed by atoms with Gasteiger partial charge >= 0.3 is 0 Å². The lowest BCUT2D eigenvalue weighted by Crippen LogP contribution is -2.51. The predicted octanol–water partition coefficient (Wildman–Crippen LogP) is 5.99. The van der Waals surface area contributed by atoms with E-state index >= 15 is 0 Å². The minimum atomic E-state index is -0.564. The van der Waals surface area contributed by atoms with E-state index in [4.69, 9.17) is 14.8 Å². The molecule has 4 heterocycles. The molecule has 3 aromatic heterocycles. The van der Waals surface area contributed by atoms with Crippen LogP contribution in [0.1, 0.15) is 29.7 Å². The number of amides is 1. The van der Waals surface area contributed by atoms with E-state index in [1.807, 2.05) is 48.5 Å². The molecule has 0 saturated carbocycles. The molecule has 2 aromatic carbocycles. The normalized spacial score (nSPS) is 21.0. The van der Waals surface area contributed by atoms with E-state index in [0.717, 1.165) is 43.7 Å². The van der Waals surface area contributed by atoms with Gasteiger partial charge in [-0.15, -0.1) is 11.3 Å². The highest BCUT2D eigenvalue weighted by Crippen LogP contribution is 2.49. The Kier molecular flexibility index (Phi) is 4.64. The molecule has 1 amide bonds. The number of amidine groups is 1. The van der Waals surface area contributed by atoms with E-state index in [2.05, 4.69) is 23.4 Å². The highest BCUT2D eigenvalue weighted by atomic mass is 32.1. The summed E-state index contributed by atoms with van der Waals surface area (Å²) in [5, 5.41) is 11.6. The molecule has 1 aliphatic heterocycles. The molecular formula is C27H22N4O2S. The molecule has 6 nitrogen and oxygen atoms in total. The molecule has 1 saturated heterocycles. The molecule has 0 bridgehead atoms. The van der Waals surface area contributed by atoms with E-state index in [-0.39, 0.29) is 5.91 Å². The largest absolute Gasteiger partial charge is 0.464 e. The minimum Gasteiger partial charge on any atom is -0.464 e. The molecule has 168 valence electrons. The number of likely N-dealkylation sites (tertiary alicyclic amines) is 1. The first-order valence-electron chi connectivity index (χ1n) is 11.1. The van der Waals surface area contributed by atoms with Crippen molar-refractivity contribution in [3.63, 3.8) is 0 Å². The molecule has 0 radical (unpaired) electrons. The third-order valence-electron chi connectivity index (χ3n) is 6.87. The molecule has 7 heteroatoms. The zero-order chi connectivity index (χ0) is 23.4. The summed E-state index contributed by atoms with van der Waals surface area (Å²) < 4.78 is 5.50. The number of rotatable bonds is 3. The van der Waals surface area contributed by atoms with Crippen molar-refractivity contribution in [2.24, 2.45) is 0 Å². The van der Waals surface area contributed by atoms with Gasteiger partial charge in [0, 0.05) is 40.1 Å². The standard InChI is InChI=1S/C27H22N4O2S/c1-27(23-12-18(15-34-23)21-14-29-19-5-3-4-6-20(19)30-21)13-24(28)31(2)26(32)25(27)17-7-8-22-16(11-17)9-10-33-22/h3-12,14-15,25,28H,13H2,1-2H3/t25-,27-/m1/s1. The fourth-order valence-electron chi connectivity index (χ4n) is 4.94. The van der Waals surface area contributed by atoms with Gasteiger partial charge in [0.25, 0.3) is 0 Å². The van der Waals surface area contributed by atoms with Crippen LogP contribution in [0, 0.1) is 5.41 Å².